The summed E-state index contributed by atoms with van der Waals surface area (Å²) in [6.45, 7) is 2.38. The Kier molecular flexibility index (Phi) is 9.56. The SMILES string of the molecule is CCOC(=O)CCCOc1c(C=N/N=C2/NC(=O)/C(=C\C(=O)OC)S2)cccc1OC. The molecular weight excluding hydrogens is 426 g/mol. The summed E-state index contributed by atoms with van der Waals surface area (Å²) in [5.41, 5.74) is 0.597. The van der Waals surface area contributed by atoms with Crippen molar-refractivity contribution in [3.63, 3.8) is 0 Å². The number of nitrogens with zero attached hydrogens (tertiary/aromatic N) is 2. The number of nitrogens with one attached hydrogen (secondary N) is 1. The smallest absolute Gasteiger partial charge is 0.331 e. The normalized spacial score (nSPS) is 15.9. The quantitative estimate of drug-likeness (QED) is 0.189. The molecule has 11 heteroatoms. The molecule has 31 heavy (non-hydrogen) atoms. The monoisotopic (exact) mass is 449 g/mol. The summed E-state index contributed by atoms with van der Waals surface area (Å²) in [7, 11) is 2.74. The molecule has 0 unspecified atom stereocenters. The molecule has 0 spiro atoms. The fourth-order valence-electron chi connectivity index (χ4n) is 2.36. The number of ether oxygens (including phenoxy) is 4. The minimum Gasteiger partial charge on any atom is -0.493 e. The van der Waals surface area contributed by atoms with Gasteiger partial charge in [0.15, 0.2) is 16.7 Å². The van der Waals surface area contributed by atoms with Crippen LogP contribution in [0.5, 0.6) is 11.5 Å². The van der Waals surface area contributed by atoms with Gasteiger partial charge in [0.2, 0.25) is 0 Å². The minimum absolute atomic E-state index is 0.160. The van der Waals surface area contributed by atoms with Gasteiger partial charge in [0, 0.05) is 18.1 Å². The fourth-order valence-corrected chi connectivity index (χ4v) is 3.10. The molecule has 1 saturated heterocycles. The van der Waals surface area contributed by atoms with E-state index in [9.17, 15) is 14.4 Å². The van der Waals surface area contributed by atoms with E-state index in [0.717, 1.165) is 17.8 Å². The maximum absolute atomic E-state index is 11.8. The lowest BCUT2D eigenvalue weighted by molar-refractivity contribution is -0.143. The van der Waals surface area contributed by atoms with Crippen LogP contribution in [0.4, 0.5) is 0 Å². The molecule has 1 aliphatic heterocycles. The molecule has 2 rings (SSSR count). The highest BCUT2D eigenvalue weighted by Crippen LogP contribution is 2.30. The Morgan fingerprint density at radius 3 is 2.77 bits per heavy atom. The highest BCUT2D eigenvalue weighted by molar-refractivity contribution is 8.18. The van der Waals surface area contributed by atoms with E-state index in [1.807, 2.05) is 0 Å². The summed E-state index contributed by atoms with van der Waals surface area (Å²) >= 11 is 0.969. The summed E-state index contributed by atoms with van der Waals surface area (Å²) in [5, 5.41) is 10.7. The molecular formula is C20H23N3O7S. The number of esters is 2. The van der Waals surface area contributed by atoms with Crippen molar-refractivity contribution in [2.45, 2.75) is 19.8 Å². The molecule has 166 valence electrons. The lowest BCUT2D eigenvalue weighted by Crippen LogP contribution is -2.19. The third-order valence-electron chi connectivity index (χ3n) is 3.75. The van der Waals surface area contributed by atoms with Gasteiger partial charge < -0.3 is 18.9 Å². The van der Waals surface area contributed by atoms with Crippen LogP contribution in [0, 0.1) is 0 Å². The van der Waals surface area contributed by atoms with Crippen LogP contribution in [0.25, 0.3) is 0 Å². The topological polar surface area (TPSA) is 125 Å². The van der Waals surface area contributed by atoms with Crippen LogP contribution >= 0.6 is 11.8 Å². The van der Waals surface area contributed by atoms with Crippen molar-refractivity contribution >= 4 is 41.0 Å². The van der Waals surface area contributed by atoms with Gasteiger partial charge in [0.05, 0.1) is 38.6 Å². The number of amidine groups is 1. The maximum atomic E-state index is 11.8. The second-order valence-electron chi connectivity index (χ2n) is 5.87. The Bertz CT molecular complexity index is 912. The van der Waals surface area contributed by atoms with Crippen LogP contribution in [-0.2, 0) is 23.9 Å². The average molecular weight is 449 g/mol. The molecule has 0 radical (unpaired) electrons. The predicted octanol–water partition coefficient (Wildman–Crippen LogP) is 2.03. The first-order valence-electron chi connectivity index (χ1n) is 9.33. The number of hydrogen-bond acceptors (Lipinski definition) is 10. The summed E-state index contributed by atoms with van der Waals surface area (Å²) < 4.78 is 20.5. The van der Waals surface area contributed by atoms with Gasteiger partial charge in [-0.3, -0.25) is 14.9 Å². The molecule has 0 saturated carbocycles. The Morgan fingerprint density at radius 1 is 1.26 bits per heavy atom. The third kappa shape index (κ3) is 7.45. The van der Waals surface area contributed by atoms with Gasteiger partial charge in [0.25, 0.3) is 5.91 Å². The van der Waals surface area contributed by atoms with Crippen molar-refractivity contribution in [1.82, 2.24) is 5.32 Å². The Balaban J connectivity index is 2.05. The number of benzene rings is 1. The van der Waals surface area contributed by atoms with E-state index in [0.29, 0.717) is 30.1 Å². The number of carbonyl (C=O) groups excluding carboxylic acids is 3. The third-order valence-corrected chi connectivity index (χ3v) is 4.65. The number of carbonyl (C=O) groups is 3. The Morgan fingerprint density at radius 2 is 2.06 bits per heavy atom. The number of hydrogen-bond donors (Lipinski definition) is 1. The van der Waals surface area contributed by atoms with Crippen molar-refractivity contribution < 1.29 is 33.3 Å². The number of amides is 1. The van der Waals surface area contributed by atoms with Crippen LogP contribution in [0.3, 0.4) is 0 Å². The van der Waals surface area contributed by atoms with Gasteiger partial charge in [-0.25, -0.2) is 4.79 Å². The van der Waals surface area contributed by atoms with E-state index in [4.69, 9.17) is 14.2 Å². The molecule has 1 fully saturated rings. The summed E-state index contributed by atoms with van der Waals surface area (Å²) in [6.07, 6.45) is 3.26. The molecule has 1 N–H and O–H groups in total. The van der Waals surface area contributed by atoms with E-state index in [2.05, 4.69) is 20.3 Å². The summed E-state index contributed by atoms with van der Waals surface area (Å²) in [6, 6.07) is 5.26. The van der Waals surface area contributed by atoms with Crippen LogP contribution < -0.4 is 14.8 Å². The number of para-hydroxylation sites is 1. The van der Waals surface area contributed by atoms with E-state index in [-0.39, 0.29) is 29.1 Å². The summed E-state index contributed by atoms with van der Waals surface area (Å²) in [4.78, 5) is 34.7. The van der Waals surface area contributed by atoms with Crippen molar-refractivity contribution in [2.75, 3.05) is 27.4 Å². The van der Waals surface area contributed by atoms with Gasteiger partial charge in [-0.1, -0.05) is 6.07 Å². The van der Waals surface area contributed by atoms with Crippen molar-refractivity contribution in [1.29, 1.82) is 0 Å². The van der Waals surface area contributed by atoms with Crippen molar-refractivity contribution in [3.8, 4) is 11.5 Å². The van der Waals surface area contributed by atoms with Crippen LogP contribution in [0.2, 0.25) is 0 Å². The summed E-state index contributed by atoms with van der Waals surface area (Å²) in [5.74, 6) is -0.424. The molecule has 0 bridgehead atoms. The second-order valence-corrected chi connectivity index (χ2v) is 6.90. The van der Waals surface area contributed by atoms with Gasteiger partial charge in [-0.2, -0.15) is 5.10 Å². The predicted molar refractivity (Wildman–Crippen MR) is 115 cm³/mol. The fraction of sp³-hybridized carbons (Fsp3) is 0.350. The standard InChI is InChI=1S/C20H23N3O7S/c1-4-29-16(24)9-6-10-30-18-13(7-5-8-14(18)27-2)12-21-23-20-22-19(26)15(31-20)11-17(25)28-3/h5,7-8,11-12H,4,6,9-10H2,1-3H3,(H,22,23,26)/b15-11+,21-12?. The number of thioether (sulfide) groups is 1. The van der Waals surface area contributed by atoms with Gasteiger partial charge >= 0.3 is 11.9 Å². The van der Waals surface area contributed by atoms with Gasteiger partial charge in [0.1, 0.15) is 0 Å². The van der Waals surface area contributed by atoms with E-state index >= 15 is 0 Å². The highest BCUT2D eigenvalue weighted by Gasteiger charge is 2.25. The van der Waals surface area contributed by atoms with E-state index < -0.39 is 11.9 Å². The van der Waals surface area contributed by atoms with Crippen LogP contribution in [0.15, 0.2) is 39.4 Å². The first-order chi connectivity index (χ1) is 15.0. The zero-order chi connectivity index (χ0) is 22.6. The van der Waals surface area contributed by atoms with E-state index in [1.165, 1.54) is 20.4 Å². The molecule has 0 atom stereocenters. The number of rotatable bonds is 10. The first-order valence-corrected chi connectivity index (χ1v) is 10.1. The first kappa shape index (κ1) is 23.9. The molecule has 0 aromatic heterocycles. The van der Waals surface area contributed by atoms with Crippen LogP contribution in [0.1, 0.15) is 25.3 Å². The molecule has 10 nitrogen and oxygen atoms in total. The number of methoxy groups -OCH3 is 2. The van der Waals surface area contributed by atoms with Gasteiger partial charge in [-0.05, 0) is 37.2 Å². The molecule has 1 amide bonds. The lowest BCUT2D eigenvalue weighted by Gasteiger charge is -2.12. The largest absolute Gasteiger partial charge is 0.493 e. The second kappa shape index (κ2) is 12.4. The Hall–Kier alpha value is -3.34. The zero-order valence-corrected chi connectivity index (χ0v) is 18.2. The van der Waals surface area contributed by atoms with Crippen molar-refractivity contribution in [3.05, 3.63) is 34.7 Å². The molecule has 0 aliphatic carbocycles. The maximum Gasteiger partial charge on any atom is 0.331 e. The molecule has 1 heterocycles. The van der Waals surface area contributed by atoms with Crippen molar-refractivity contribution in [2.24, 2.45) is 10.2 Å². The molecule has 1 aromatic carbocycles. The molecule has 1 aliphatic rings. The lowest BCUT2D eigenvalue weighted by atomic mass is 10.2. The highest BCUT2D eigenvalue weighted by atomic mass is 32.2. The Labute approximate surface area is 183 Å². The van der Waals surface area contributed by atoms with E-state index in [1.54, 1.807) is 25.1 Å². The average Bonchev–Trinajstić information content (AvgIpc) is 3.10. The molecule has 1 aromatic rings. The minimum atomic E-state index is -0.636. The zero-order valence-electron chi connectivity index (χ0n) is 17.4. The van der Waals surface area contributed by atoms with Crippen LogP contribution in [-0.4, -0.2) is 56.7 Å². The van der Waals surface area contributed by atoms with Gasteiger partial charge in [-0.15, -0.1) is 5.10 Å².